The lowest BCUT2D eigenvalue weighted by atomic mass is 9.95. The van der Waals surface area contributed by atoms with Gasteiger partial charge in [-0.2, -0.15) is 0 Å². The van der Waals surface area contributed by atoms with Gasteiger partial charge in [0.15, 0.2) is 0 Å². The third-order valence-electron chi connectivity index (χ3n) is 4.43. The number of methoxy groups -OCH3 is 1. The van der Waals surface area contributed by atoms with Gasteiger partial charge in [0, 0.05) is 16.4 Å². The van der Waals surface area contributed by atoms with Gasteiger partial charge in [-0.05, 0) is 48.2 Å². The second-order valence-electron chi connectivity index (χ2n) is 6.09. The molecule has 1 saturated carbocycles. The van der Waals surface area contributed by atoms with Crippen LogP contribution in [-0.2, 0) is 16.6 Å². The van der Waals surface area contributed by atoms with Crippen molar-refractivity contribution in [3.05, 3.63) is 64.1 Å². The van der Waals surface area contributed by atoms with E-state index < -0.39 is 0 Å². The summed E-state index contributed by atoms with van der Waals surface area (Å²) in [5.74, 6) is 0.936. The summed E-state index contributed by atoms with van der Waals surface area (Å²) in [6.45, 7) is 0.701. The summed E-state index contributed by atoms with van der Waals surface area (Å²) < 4.78 is 6.20. The van der Waals surface area contributed by atoms with Gasteiger partial charge >= 0.3 is 0 Å². The summed E-state index contributed by atoms with van der Waals surface area (Å²) in [6, 6.07) is 16.0. The highest BCUT2D eigenvalue weighted by molar-refractivity contribution is 9.10. The predicted octanol–water partition coefficient (Wildman–Crippen LogP) is 3.85. The first kappa shape index (κ1) is 16.1. The van der Waals surface area contributed by atoms with E-state index in [9.17, 15) is 4.79 Å². The Kier molecular flexibility index (Phi) is 4.71. The monoisotopic (exact) mass is 373 g/mol. The van der Waals surface area contributed by atoms with E-state index in [2.05, 4.69) is 33.4 Å². The molecule has 1 N–H and O–H groups in total. The van der Waals surface area contributed by atoms with Crippen LogP contribution < -0.4 is 10.1 Å². The van der Waals surface area contributed by atoms with Crippen LogP contribution in [0.2, 0.25) is 0 Å². The number of rotatable bonds is 6. The maximum Gasteiger partial charge on any atom is 0.224 e. The number of ether oxygens (including phenoxy) is 1. The van der Waals surface area contributed by atoms with E-state index in [0.29, 0.717) is 13.0 Å². The molecule has 0 aromatic heterocycles. The van der Waals surface area contributed by atoms with E-state index in [4.69, 9.17) is 4.74 Å². The third-order valence-corrected chi connectivity index (χ3v) is 4.93. The van der Waals surface area contributed by atoms with Crippen molar-refractivity contribution >= 4 is 21.8 Å². The number of benzene rings is 2. The van der Waals surface area contributed by atoms with E-state index >= 15 is 0 Å². The Labute approximate surface area is 145 Å². The Hall–Kier alpha value is -1.81. The summed E-state index contributed by atoms with van der Waals surface area (Å²) in [6.07, 6.45) is 2.66. The van der Waals surface area contributed by atoms with Crippen molar-refractivity contribution in [2.45, 2.75) is 24.7 Å². The first-order valence-electron chi connectivity index (χ1n) is 7.77. The Morgan fingerprint density at radius 3 is 2.57 bits per heavy atom. The van der Waals surface area contributed by atoms with E-state index in [1.54, 1.807) is 7.11 Å². The lowest BCUT2D eigenvalue weighted by Gasteiger charge is -2.17. The molecule has 0 unspecified atom stereocenters. The molecule has 0 spiro atoms. The molecule has 4 heteroatoms. The second-order valence-corrected chi connectivity index (χ2v) is 7.01. The number of carbonyl (C=O) groups excluding carboxylic acids is 1. The number of nitrogens with one attached hydrogen (secondary N) is 1. The highest BCUT2D eigenvalue weighted by Gasteiger charge is 2.44. The van der Waals surface area contributed by atoms with Crippen LogP contribution >= 0.6 is 15.9 Å². The van der Waals surface area contributed by atoms with Crippen LogP contribution in [0.1, 0.15) is 24.0 Å². The molecule has 2 aromatic rings. The van der Waals surface area contributed by atoms with Crippen LogP contribution in [0, 0.1) is 0 Å². The molecule has 1 aliphatic rings. The predicted molar refractivity (Wildman–Crippen MR) is 94.8 cm³/mol. The van der Waals surface area contributed by atoms with E-state index in [1.165, 1.54) is 5.56 Å². The summed E-state index contributed by atoms with van der Waals surface area (Å²) in [4.78, 5) is 12.2. The van der Waals surface area contributed by atoms with Crippen molar-refractivity contribution < 1.29 is 9.53 Å². The van der Waals surface area contributed by atoms with Gasteiger partial charge < -0.3 is 10.1 Å². The molecule has 0 saturated heterocycles. The standard InChI is InChI=1S/C19H20BrNO2/c1-23-17-7-5-15(6-8-17)19(9-10-19)13-21-18(22)12-14-3-2-4-16(20)11-14/h2-8,11H,9-10,12-13H2,1H3,(H,21,22). The number of hydrogen-bond donors (Lipinski definition) is 1. The average Bonchev–Trinajstić information content (AvgIpc) is 3.34. The topological polar surface area (TPSA) is 38.3 Å². The Morgan fingerprint density at radius 1 is 1.22 bits per heavy atom. The fourth-order valence-electron chi connectivity index (χ4n) is 2.83. The average molecular weight is 374 g/mol. The lowest BCUT2D eigenvalue weighted by Crippen LogP contribution is -2.33. The van der Waals surface area contributed by atoms with Gasteiger partial charge in [-0.1, -0.05) is 40.2 Å². The molecular formula is C19H20BrNO2. The zero-order valence-electron chi connectivity index (χ0n) is 13.1. The quantitative estimate of drug-likeness (QED) is 0.834. The molecule has 23 heavy (non-hydrogen) atoms. The summed E-state index contributed by atoms with van der Waals surface area (Å²) >= 11 is 3.43. The molecule has 0 atom stereocenters. The molecule has 120 valence electrons. The summed E-state index contributed by atoms with van der Waals surface area (Å²) in [5, 5.41) is 3.09. The molecule has 1 fully saturated rings. The number of carbonyl (C=O) groups is 1. The molecule has 3 rings (SSSR count). The lowest BCUT2D eigenvalue weighted by molar-refractivity contribution is -0.120. The first-order valence-corrected chi connectivity index (χ1v) is 8.56. The molecule has 2 aromatic carbocycles. The van der Waals surface area contributed by atoms with Gasteiger partial charge in [0.05, 0.1) is 13.5 Å². The third kappa shape index (κ3) is 3.94. The van der Waals surface area contributed by atoms with Crippen LogP contribution in [0.4, 0.5) is 0 Å². The molecule has 3 nitrogen and oxygen atoms in total. The van der Waals surface area contributed by atoms with E-state index in [0.717, 1.165) is 28.6 Å². The molecular weight excluding hydrogens is 354 g/mol. The minimum Gasteiger partial charge on any atom is -0.497 e. The van der Waals surface area contributed by atoms with Crippen LogP contribution in [-0.4, -0.2) is 19.6 Å². The fraction of sp³-hybridized carbons (Fsp3) is 0.316. The maximum atomic E-state index is 12.2. The molecule has 0 bridgehead atoms. The summed E-state index contributed by atoms with van der Waals surface area (Å²) in [5.41, 5.74) is 2.41. The van der Waals surface area contributed by atoms with Gasteiger partial charge in [-0.25, -0.2) is 0 Å². The van der Waals surface area contributed by atoms with Crippen molar-refractivity contribution in [2.24, 2.45) is 0 Å². The van der Waals surface area contributed by atoms with E-state index in [-0.39, 0.29) is 11.3 Å². The van der Waals surface area contributed by atoms with Crippen molar-refractivity contribution in [3.63, 3.8) is 0 Å². The van der Waals surface area contributed by atoms with Crippen molar-refractivity contribution in [3.8, 4) is 5.75 Å². The smallest absolute Gasteiger partial charge is 0.224 e. The molecule has 1 aliphatic carbocycles. The van der Waals surface area contributed by atoms with Gasteiger partial charge in [-0.15, -0.1) is 0 Å². The first-order chi connectivity index (χ1) is 11.1. The summed E-state index contributed by atoms with van der Waals surface area (Å²) in [7, 11) is 1.67. The minimum absolute atomic E-state index is 0.0721. The second kappa shape index (κ2) is 6.75. The van der Waals surface area contributed by atoms with Gasteiger partial charge in [0.2, 0.25) is 5.91 Å². The van der Waals surface area contributed by atoms with Gasteiger partial charge in [0.1, 0.15) is 5.75 Å². The molecule has 0 heterocycles. The van der Waals surface area contributed by atoms with Crippen LogP contribution in [0.5, 0.6) is 5.75 Å². The van der Waals surface area contributed by atoms with Crippen molar-refractivity contribution in [1.82, 2.24) is 5.32 Å². The Morgan fingerprint density at radius 2 is 1.96 bits per heavy atom. The number of halogens is 1. The fourth-order valence-corrected chi connectivity index (χ4v) is 3.27. The van der Waals surface area contributed by atoms with Crippen LogP contribution in [0.15, 0.2) is 53.0 Å². The number of hydrogen-bond acceptors (Lipinski definition) is 2. The number of amides is 1. The molecule has 0 aliphatic heterocycles. The minimum atomic E-state index is 0.0721. The largest absolute Gasteiger partial charge is 0.497 e. The van der Waals surface area contributed by atoms with E-state index in [1.807, 2.05) is 36.4 Å². The van der Waals surface area contributed by atoms with Crippen molar-refractivity contribution in [1.29, 1.82) is 0 Å². The highest BCUT2D eigenvalue weighted by atomic mass is 79.9. The van der Waals surface area contributed by atoms with Crippen LogP contribution in [0.25, 0.3) is 0 Å². The Balaban J connectivity index is 1.57. The Bertz CT molecular complexity index is 693. The van der Waals surface area contributed by atoms with Crippen LogP contribution in [0.3, 0.4) is 0 Å². The highest BCUT2D eigenvalue weighted by Crippen LogP contribution is 2.47. The zero-order valence-corrected chi connectivity index (χ0v) is 14.7. The molecule has 0 radical (unpaired) electrons. The van der Waals surface area contributed by atoms with Crippen molar-refractivity contribution in [2.75, 3.05) is 13.7 Å². The molecule has 1 amide bonds. The normalized spacial score (nSPS) is 15.0. The maximum absolute atomic E-state index is 12.2. The zero-order chi connectivity index (χ0) is 16.3. The van der Waals surface area contributed by atoms with Gasteiger partial charge in [0.25, 0.3) is 0 Å². The van der Waals surface area contributed by atoms with Gasteiger partial charge in [-0.3, -0.25) is 4.79 Å². The SMILES string of the molecule is COc1ccc(C2(CNC(=O)Cc3cccc(Br)c3)CC2)cc1.